The number of benzene rings is 3. The SMILES string of the molecule is COc1ccc(-c2ccc3c(c2)C2CC3CCN2S(=O)(=O)c2ccccc2C)cc1. The maximum absolute atomic E-state index is 13.5. The minimum atomic E-state index is -3.54. The van der Waals surface area contributed by atoms with Crippen LogP contribution in [-0.4, -0.2) is 26.4 Å². The largest absolute Gasteiger partial charge is 0.497 e. The molecular weight excluding hydrogens is 394 g/mol. The Balaban J connectivity index is 1.55. The van der Waals surface area contributed by atoms with Crippen molar-refractivity contribution in [2.75, 3.05) is 13.7 Å². The highest BCUT2D eigenvalue weighted by Gasteiger charge is 2.44. The number of sulfonamides is 1. The summed E-state index contributed by atoms with van der Waals surface area (Å²) in [5, 5.41) is 0. The highest BCUT2D eigenvalue weighted by atomic mass is 32.2. The quantitative estimate of drug-likeness (QED) is 0.577. The zero-order valence-corrected chi connectivity index (χ0v) is 18.0. The van der Waals surface area contributed by atoms with E-state index < -0.39 is 10.0 Å². The normalized spacial score (nSPS) is 20.7. The van der Waals surface area contributed by atoms with Gasteiger partial charge in [-0.3, -0.25) is 0 Å². The molecule has 0 saturated carbocycles. The van der Waals surface area contributed by atoms with Crippen LogP contribution in [0, 0.1) is 6.92 Å². The summed E-state index contributed by atoms with van der Waals surface area (Å²) in [5.74, 6) is 1.27. The smallest absolute Gasteiger partial charge is 0.243 e. The molecule has 3 aromatic carbocycles. The van der Waals surface area contributed by atoms with Crippen LogP contribution in [0.2, 0.25) is 0 Å². The van der Waals surface area contributed by atoms with E-state index in [0.29, 0.717) is 17.4 Å². The second-order valence-corrected chi connectivity index (χ2v) is 10.0. The van der Waals surface area contributed by atoms with Gasteiger partial charge in [-0.25, -0.2) is 8.42 Å². The first-order chi connectivity index (χ1) is 14.5. The second kappa shape index (κ2) is 7.25. The first-order valence-corrected chi connectivity index (χ1v) is 11.8. The Bertz CT molecular complexity index is 1200. The predicted molar refractivity (Wildman–Crippen MR) is 118 cm³/mol. The van der Waals surface area contributed by atoms with Crippen molar-refractivity contribution in [1.29, 1.82) is 0 Å². The summed E-state index contributed by atoms with van der Waals surface area (Å²) in [6, 6.07) is 21.7. The molecule has 3 aromatic rings. The third-order valence-corrected chi connectivity index (χ3v) is 8.61. The molecule has 1 aliphatic heterocycles. The summed E-state index contributed by atoms with van der Waals surface area (Å²) < 4.78 is 34.1. The van der Waals surface area contributed by atoms with Gasteiger partial charge in [-0.15, -0.1) is 0 Å². The molecule has 5 heteroatoms. The molecule has 154 valence electrons. The van der Waals surface area contributed by atoms with Crippen molar-refractivity contribution in [2.24, 2.45) is 0 Å². The summed E-state index contributed by atoms with van der Waals surface area (Å²) in [6.07, 6.45) is 1.74. The van der Waals surface area contributed by atoms with Crippen LogP contribution in [0.1, 0.15) is 41.5 Å². The van der Waals surface area contributed by atoms with Gasteiger partial charge in [0.25, 0.3) is 0 Å². The van der Waals surface area contributed by atoms with E-state index in [1.54, 1.807) is 23.5 Å². The van der Waals surface area contributed by atoms with Crippen LogP contribution in [0.25, 0.3) is 11.1 Å². The standard InChI is InChI=1S/C25H25NO3S/c1-17-5-3-4-6-25(17)30(27,28)26-14-13-20-16-24(26)23-15-19(9-12-22(20)23)18-7-10-21(29-2)11-8-18/h3-12,15,20,24H,13-14,16H2,1-2H3. The minimum absolute atomic E-state index is 0.0958. The molecule has 2 aliphatic rings. The van der Waals surface area contributed by atoms with Gasteiger partial charge < -0.3 is 4.74 Å². The molecule has 2 bridgehead atoms. The number of rotatable bonds is 4. The van der Waals surface area contributed by atoms with Crippen LogP contribution in [0.4, 0.5) is 0 Å². The topological polar surface area (TPSA) is 46.6 Å². The lowest BCUT2D eigenvalue weighted by molar-refractivity contribution is 0.259. The average Bonchev–Trinajstić information content (AvgIpc) is 3.04. The number of fused-ring (bicyclic) bond motifs is 5. The molecule has 2 unspecified atom stereocenters. The summed E-state index contributed by atoms with van der Waals surface area (Å²) in [7, 11) is -1.88. The summed E-state index contributed by atoms with van der Waals surface area (Å²) in [6.45, 7) is 2.43. The molecule has 0 spiro atoms. The van der Waals surface area contributed by atoms with E-state index in [9.17, 15) is 8.42 Å². The van der Waals surface area contributed by atoms with Crippen molar-refractivity contribution in [1.82, 2.24) is 4.31 Å². The second-order valence-electron chi connectivity index (χ2n) is 8.19. The number of piperidine rings is 1. The number of ether oxygens (including phenoxy) is 1. The van der Waals surface area contributed by atoms with E-state index >= 15 is 0 Å². The molecular formula is C25H25NO3S. The predicted octanol–water partition coefficient (Wildman–Crippen LogP) is 5.29. The molecule has 0 radical (unpaired) electrons. The number of aryl methyl sites for hydroxylation is 1. The van der Waals surface area contributed by atoms with Gasteiger partial charge in [0.05, 0.1) is 18.0 Å². The van der Waals surface area contributed by atoms with Gasteiger partial charge in [0.1, 0.15) is 5.75 Å². The van der Waals surface area contributed by atoms with Crippen LogP contribution in [-0.2, 0) is 10.0 Å². The lowest BCUT2D eigenvalue weighted by Crippen LogP contribution is -2.37. The monoisotopic (exact) mass is 419 g/mol. The Hall–Kier alpha value is -2.63. The fourth-order valence-corrected chi connectivity index (χ4v) is 6.82. The zero-order valence-electron chi connectivity index (χ0n) is 17.2. The van der Waals surface area contributed by atoms with Crippen molar-refractivity contribution < 1.29 is 13.2 Å². The van der Waals surface area contributed by atoms with Gasteiger partial charge >= 0.3 is 0 Å². The first kappa shape index (κ1) is 19.3. The van der Waals surface area contributed by atoms with E-state index in [0.717, 1.165) is 40.8 Å². The van der Waals surface area contributed by atoms with Crippen molar-refractivity contribution in [2.45, 2.75) is 36.6 Å². The van der Waals surface area contributed by atoms with E-state index in [4.69, 9.17) is 4.74 Å². The molecule has 30 heavy (non-hydrogen) atoms. The first-order valence-electron chi connectivity index (χ1n) is 10.3. The van der Waals surface area contributed by atoms with Crippen molar-refractivity contribution in [3.8, 4) is 16.9 Å². The van der Waals surface area contributed by atoms with Gasteiger partial charge in [0.2, 0.25) is 10.0 Å². The van der Waals surface area contributed by atoms with Gasteiger partial charge in [-0.05, 0) is 77.8 Å². The molecule has 5 rings (SSSR count). The van der Waals surface area contributed by atoms with Gasteiger partial charge in [-0.2, -0.15) is 4.31 Å². The van der Waals surface area contributed by atoms with E-state index in [-0.39, 0.29) is 6.04 Å². The third kappa shape index (κ3) is 3.04. The lowest BCUT2D eigenvalue weighted by Gasteiger charge is -2.33. The molecule has 0 N–H and O–H groups in total. The van der Waals surface area contributed by atoms with Crippen molar-refractivity contribution >= 4 is 10.0 Å². The fraction of sp³-hybridized carbons (Fsp3) is 0.280. The maximum Gasteiger partial charge on any atom is 0.243 e. The molecule has 4 nitrogen and oxygen atoms in total. The Labute approximate surface area is 178 Å². The van der Waals surface area contributed by atoms with Crippen LogP contribution < -0.4 is 4.74 Å². The fourth-order valence-electron chi connectivity index (χ4n) is 4.97. The van der Waals surface area contributed by atoms with Gasteiger partial charge in [0.15, 0.2) is 0 Å². The number of nitrogens with zero attached hydrogens (tertiary/aromatic N) is 1. The number of methoxy groups -OCH3 is 1. The average molecular weight is 420 g/mol. The number of hydrogen-bond acceptors (Lipinski definition) is 3. The van der Waals surface area contributed by atoms with E-state index in [1.165, 1.54) is 5.56 Å². The molecule has 1 fully saturated rings. The van der Waals surface area contributed by atoms with Crippen LogP contribution in [0.3, 0.4) is 0 Å². The Kier molecular flexibility index (Phi) is 4.68. The van der Waals surface area contributed by atoms with Gasteiger partial charge in [0, 0.05) is 6.54 Å². The Morgan fingerprint density at radius 3 is 2.40 bits per heavy atom. The van der Waals surface area contributed by atoms with Crippen molar-refractivity contribution in [3.05, 3.63) is 83.4 Å². The van der Waals surface area contributed by atoms with Crippen LogP contribution >= 0.6 is 0 Å². The third-order valence-electron chi connectivity index (χ3n) is 6.54. The summed E-state index contributed by atoms with van der Waals surface area (Å²) in [5.41, 5.74) is 5.47. The molecule has 0 aromatic heterocycles. The Morgan fingerprint density at radius 2 is 1.67 bits per heavy atom. The Morgan fingerprint density at radius 1 is 0.933 bits per heavy atom. The molecule has 0 amide bonds. The maximum atomic E-state index is 13.5. The van der Waals surface area contributed by atoms with Gasteiger partial charge in [-0.1, -0.05) is 42.5 Å². The molecule has 1 heterocycles. The highest BCUT2D eigenvalue weighted by Crippen LogP contribution is 2.51. The van der Waals surface area contributed by atoms with Crippen LogP contribution in [0.5, 0.6) is 5.75 Å². The molecule has 1 saturated heterocycles. The van der Waals surface area contributed by atoms with E-state index in [2.05, 4.69) is 18.2 Å². The zero-order chi connectivity index (χ0) is 20.9. The highest BCUT2D eigenvalue weighted by molar-refractivity contribution is 7.89. The van der Waals surface area contributed by atoms with Crippen LogP contribution in [0.15, 0.2) is 71.6 Å². The molecule has 2 atom stereocenters. The van der Waals surface area contributed by atoms with E-state index in [1.807, 2.05) is 43.3 Å². The molecule has 1 aliphatic carbocycles. The minimum Gasteiger partial charge on any atom is -0.497 e. The summed E-state index contributed by atoms with van der Waals surface area (Å²) >= 11 is 0. The summed E-state index contributed by atoms with van der Waals surface area (Å²) in [4.78, 5) is 0.420. The van der Waals surface area contributed by atoms with Crippen molar-refractivity contribution in [3.63, 3.8) is 0 Å². The lowest BCUT2D eigenvalue weighted by atomic mass is 9.95. The number of hydrogen-bond donors (Lipinski definition) is 0.